The van der Waals surface area contributed by atoms with Gasteiger partial charge in [-0.3, -0.25) is 14.5 Å². The summed E-state index contributed by atoms with van der Waals surface area (Å²) in [6.07, 6.45) is 7.59. The summed E-state index contributed by atoms with van der Waals surface area (Å²) in [4.78, 5) is 27.7. The Bertz CT molecular complexity index is 504. The van der Waals surface area contributed by atoms with E-state index in [9.17, 15) is 9.59 Å². The van der Waals surface area contributed by atoms with Crippen molar-refractivity contribution in [2.24, 2.45) is 5.92 Å². The van der Waals surface area contributed by atoms with Crippen LogP contribution in [0.2, 0.25) is 0 Å². The number of rotatable bonds is 13. The fourth-order valence-corrected chi connectivity index (χ4v) is 4.50. The van der Waals surface area contributed by atoms with Gasteiger partial charge in [0, 0.05) is 37.3 Å². The average molecular weight is 466 g/mol. The maximum atomic E-state index is 12.9. The van der Waals surface area contributed by atoms with Crippen molar-refractivity contribution in [1.82, 2.24) is 4.90 Å². The van der Waals surface area contributed by atoms with Gasteiger partial charge in [-0.2, -0.15) is 0 Å². The summed E-state index contributed by atoms with van der Waals surface area (Å²) >= 11 is 12.0. The summed E-state index contributed by atoms with van der Waals surface area (Å²) in [5, 5.41) is 0. The van der Waals surface area contributed by atoms with Crippen molar-refractivity contribution in [2.75, 3.05) is 24.8 Å². The molecular formula is C23H41Cl2NO4. The molecule has 0 unspecified atom stereocenters. The molecule has 0 heterocycles. The van der Waals surface area contributed by atoms with Crippen LogP contribution in [0, 0.1) is 5.92 Å². The lowest BCUT2D eigenvalue weighted by molar-refractivity contribution is -0.177. The highest BCUT2D eigenvalue weighted by molar-refractivity contribution is 6.18. The number of ether oxygens (including phenoxy) is 2. The number of carbonyl (C=O) groups excluding carboxylic acids is 2. The van der Waals surface area contributed by atoms with Crippen molar-refractivity contribution in [1.29, 1.82) is 0 Å². The molecule has 30 heavy (non-hydrogen) atoms. The van der Waals surface area contributed by atoms with Crippen molar-refractivity contribution >= 4 is 35.1 Å². The van der Waals surface area contributed by atoms with Crippen LogP contribution in [0.5, 0.6) is 0 Å². The second-order valence-corrected chi connectivity index (χ2v) is 9.93. The van der Waals surface area contributed by atoms with E-state index in [1.807, 2.05) is 20.8 Å². The van der Waals surface area contributed by atoms with E-state index in [4.69, 9.17) is 32.7 Å². The maximum Gasteiger partial charge on any atom is 0.313 e. The molecule has 0 bridgehead atoms. The molecule has 0 saturated heterocycles. The first-order chi connectivity index (χ1) is 14.2. The minimum atomic E-state index is -0.580. The van der Waals surface area contributed by atoms with Gasteiger partial charge in [-0.1, -0.05) is 39.0 Å². The number of halogens is 2. The molecule has 7 heteroatoms. The highest BCUT2D eigenvalue weighted by atomic mass is 35.5. The average Bonchev–Trinajstić information content (AvgIpc) is 2.66. The molecule has 1 aliphatic rings. The molecule has 5 nitrogen and oxygen atoms in total. The summed E-state index contributed by atoms with van der Waals surface area (Å²) in [6.45, 7) is 9.03. The lowest BCUT2D eigenvalue weighted by Gasteiger charge is -2.42. The number of nitrogens with zero attached hydrogens (tertiary/aromatic N) is 1. The minimum Gasteiger partial charge on any atom is -0.460 e. The van der Waals surface area contributed by atoms with Gasteiger partial charge in [0.1, 0.15) is 11.7 Å². The Labute approximate surface area is 193 Å². The fourth-order valence-electron chi connectivity index (χ4n) is 4.07. The maximum absolute atomic E-state index is 12.9. The summed E-state index contributed by atoms with van der Waals surface area (Å²) < 4.78 is 11.6. The predicted octanol–water partition coefficient (Wildman–Crippen LogP) is 5.55. The lowest BCUT2D eigenvalue weighted by atomic mass is 9.81. The molecule has 1 aliphatic carbocycles. The number of carbonyl (C=O) groups is 2. The fraction of sp³-hybridized carbons (Fsp3) is 0.913. The van der Waals surface area contributed by atoms with E-state index in [-0.39, 0.29) is 18.0 Å². The molecule has 3 atom stereocenters. The Morgan fingerprint density at radius 3 is 2.20 bits per heavy atom. The van der Waals surface area contributed by atoms with Crippen LogP contribution in [0.1, 0.15) is 85.5 Å². The van der Waals surface area contributed by atoms with E-state index < -0.39 is 17.6 Å². The van der Waals surface area contributed by atoms with Gasteiger partial charge >= 0.3 is 11.9 Å². The molecule has 0 aromatic carbocycles. The van der Waals surface area contributed by atoms with Crippen molar-refractivity contribution in [3.05, 3.63) is 0 Å². The van der Waals surface area contributed by atoms with Crippen molar-refractivity contribution in [3.8, 4) is 0 Å². The third-order valence-electron chi connectivity index (χ3n) is 5.46. The molecule has 0 radical (unpaired) electrons. The summed E-state index contributed by atoms with van der Waals surface area (Å²) in [7, 11) is 0. The zero-order valence-electron chi connectivity index (χ0n) is 19.3. The second-order valence-electron chi connectivity index (χ2n) is 9.17. The minimum absolute atomic E-state index is 0.0715. The number of unbranched alkanes of at least 4 members (excludes halogenated alkanes) is 4. The molecule has 176 valence electrons. The Kier molecular flexibility index (Phi) is 13.3. The Balaban J connectivity index is 2.91. The van der Waals surface area contributed by atoms with Crippen molar-refractivity contribution < 1.29 is 19.1 Å². The predicted molar refractivity (Wildman–Crippen MR) is 123 cm³/mol. The molecule has 0 spiro atoms. The van der Waals surface area contributed by atoms with Gasteiger partial charge in [-0.05, 0) is 40.0 Å². The van der Waals surface area contributed by atoms with Crippen LogP contribution in [0.25, 0.3) is 0 Å². The zero-order valence-corrected chi connectivity index (χ0v) is 20.8. The Morgan fingerprint density at radius 2 is 1.63 bits per heavy atom. The van der Waals surface area contributed by atoms with Gasteiger partial charge in [0.05, 0.1) is 5.92 Å². The first-order valence-corrected chi connectivity index (χ1v) is 12.6. The van der Waals surface area contributed by atoms with Crippen LogP contribution in [-0.2, 0) is 19.1 Å². The van der Waals surface area contributed by atoms with E-state index in [2.05, 4.69) is 11.8 Å². The van der Waals surface area contributed by atoms with E-state index in [1.165, 1.54) is 12.8 Å². The van der Waals surface area contributed by atoms with E-state index >= 15 is 0 Å². The first-order valence-electron chi connectivity index (χ1n) is 11.5. The molecule has 1 saturated carbocycles. The third kappa shape index (κ3) is 10.2. The summed E-state index contributed by atoms with van der Waals surface area (Å²) in [5.74, 6) is -0.0518. The van der Waals surface area contributed by atoms with Crippen molar-refractivity contribution in [3.63, 3.8) is 0 Å². The van der Waals surface area contributed by atoms with E-state index in [0.29, 0.717) is 37.7 Å². The molecule has 0 aromatic rings. The number of alkyl halides is 2. The highest BCUT2D eigenvalue weighted by Gasteiger charge is 2.44. The summed E-state index contributed by atoms with van der Waals surface area (Å²) in [6, 6.07) is -0.0715. The zero-order chi connectivity index (χ0) is 22.6. The van der Waals surface area contributed by atoms with Crippen molar-refractivity contribution in [2.45, 2.75) is 103 Å². The molecule has 0 aliphatic heterocycles. The molecule has 1 fully saturated rings. The molecule has 1 rings (SSSR count). The Morgan fingerprint density at radius 1 is 1.00 bits per heavy atom. The normalized spacial score (nSPS) is 22.2. The van der Waals surface area contributed by atoms with Crippen LogP contribution in [0.4, 0.5) is 0 Å². The molecule has 0 aromatic heterocycles. The van der Waals surface area contributed by atoms with Crippen LogP contribution >= 0.6 is 23.2 Å². The van der Waals surface area contributed by atoms with Gasteiger partial charge in [-0.15, -0.1) is 23.2 Å². The van der Waals surface area contributed by atoms with Gasteiger partial charge in [0.15, 0.2) is 0 Å². The Hall–Kier alpha value is -0.520. The van der Waals surface area contributed by atoms with Crippen LogP contribution < -0.4 is 0 Å². The highest BCUT2D eigenvalue weighted by Crippen LogP contribution is 2.33. The third-order valence-corrected chi connectivity index (χ3v) is 5.80. The largest absolute Gasteiger partial charge is 0.460 e. The van der Waals surface area contributed by atoms with Crippen LogP contribution in [0.3, 0.4) is 0 Å². The number of esters is 2. The topological polar surface area (TPSA) is 55.8 Å². The van der Waals surface area contributed by atoms with Gasteiger partial charge in [-0.25, -0.2) is 0 Å². The molecular weight excluding hydrogens is 425 g/mol. The monoisotopic (exact) mass is 465 g/mol. The van der Waals surface area contributed by atoms with Crippen LogP contribution in [0.15, 0.2) is 0 Å². The van der Waals surface area contributed by atoms with Gasteiger partial charge in [0.25, 0.3) is 0 Å². The smallest absolute Gasteiger partial charge is 0.313 e. The van der Waals surface area contributed by atoms with Crippen LogP contribution in [-0.4, -0.2) is 59.4 Å². The summed E-state index contributed by atoms with van der Waals surface area (Å²) in [5.41, 5.74) is -0.580. The van der Waals surface area contributed by atoms with Gasteiger partial charge in [0.2, 0.25) is 0 Å². The molecule has 0 amide bonds. The standard InChI is InChI=1S/C23H41Cl2NO4/c1-5-6-7-8-9-13-20(27)29-21-18(22(28)30-23(2,3)4)11-10-12-19(21)26(16-14-24)17-15-25/h18-19,21H,5-17H2,1-4H3/t18-,19-,21-/m0/s1. The SMILES string of the molecule is CCCCCCCC(=O)O[C@H]1[C@@H](C(=O)OC(C)(C)C)CCC[C@@H]1N(CCCl)CCCl. The second kappa shape index (κ2) is 14.5. The van der Waals surface area contributed by atoms with E-state index in [1.54, 1.807) is 0 Å². The lowest BCUT2D eigenvalue weighted by Crippen LogP contribution is -2.54. The molecule has 0 N–H and O–H groups in total. The number of hydrogen-bond donors (Lipinski definition) is 0. The van der Waals surface area contributed by atoms with Gasteiger partial charge < -0.3 is 9.47 Å². The quantitative estimate of drug-likeness (QED) is 0.202. The number of hydrogen-bond acceptors (Lipinski definition) is 5. The van der Waals surface area contributed by atoms with E-state index in [0.717, 1.165) is 32.1 Å². The first kappa shape index (κ1) is 27.5.